The molecule has 3 aromatic carbocycles. The van der Waals surface area contributed by atoms with E-state index >= 15 is 0 Å². The first kappa shape index (κ1) is 28.2. The number of ether oxygens (including phenoxy) is 4. The molecule has 10 heteroatoms. The van der Waals surface area contributed by atoms with E-state index in [2.05, 4.69) is 0 Å². The van der Waals surface area contributed by atoms with Gasteiger partial charge in [-0.25, -0.2) is 9.59 Å². The zero-order valence-electron chi connectivity index (χ0n) is 21.0. The van der Waals surface area contributed by atoms with Crippen LogP contribution in [0.1, 0.15) is 41.9 Å². The van der Waals surface area contributed by atoms with Gasteiger partial charge in [0.1, 0.15) is 0 Å². The Bertz CT molecular complexity index is 1250. The van der Waals surface area contributed by atoms with Crippen LogP contribution in [0.2, 0.25) is 0 Å². The molecule has 0 spiro atoms. The molecule has 0 saturated heterocycles. The molecule has 0 aromatic heterocycles. The lowest BCUT2D eigenvalue weighted by atomic mass is 10.0. The first-order chi connectivity index (χ1) is 18.3. The molecule has 0 amide bonds. The van der Waals surface area contributed by atoms with Crippen molar-refractivity contribution < 1.29 is 38.3 Å². The second-order valence-electron chi connectivity index (χ2n) is 8.23. The van der Waals surface area contributed by atoms with Gasteiger partial charge < -0.3 is 18.9 Å². The van der Waals surface area contributed by atoms with Gasteiger partial charge in [0.2, 0.25) is 6.10 Å². The van der Waals surface area contributed by atoms with E-state index in [0.29, 0.717) is 11.1 Å². The van der Waals surface area contributed by atoms with Crippen LogP contribution in [0.25, 0.3) is 0 Å². The van der Waals surface area contributed by atoms with Gasteiger partial charge in [0.15, 0.2) is 24.1 Å². The summed E-state index contributed by atoms with van der Waals surface area (Å²) in [6, 6.07) is 22.1. The molecule has 0 radical (unpaired) electrons. The minimum Gasteiger partial charge on any atom is -0.451 e. The summed E-state index contributed by atoms with van der Waals surface area (Å²) in [6.07, 6.45) is -5.31. The molecule has 0 unspecified atom stereocenters. The molecule has 0 aliphatic heterocycles. The maximum absolute atomic E-state index is 13.2. The first-order valence-electron chi connectivity index (χ1n) is 11.6. The standard InChI is InChI=1S/C28H27NO9/c1-18(30)23(37-27(31)25(35-2)19-10-6-4-7-11-19)24(21-14-16-22(17-15-21)29(33)34)38-28(32)26(36-3)20-12-8-5-9-13-20/h4-17,23-26H,1-3H3/t23-,24+,25+,26+/m1/s1. The van der Waals surface area contributed by atoms with Crippen molar-refractivity contribution in [3.05, 3.63) is 112 Å². The lowest BCUT2D eigenvalue weighted by Gasteiger charge is -2.28. The Morgan fingerprint density at radius 3 is 1.53 bits per heavy atom. The third kappa shape index (κ3) is 6.87. The highest BCUT2D eigenvalue weighted by Gasteiger charge is 2.38. The van der Waals surface area contributed by atoms with Gasteiger partial charge in [-0.05, 0) is 35.7 Å². The SMILES string of the molecule is CO[C@H](C(=O)O[C@H](C(C)=O)[C@@H](OC(=O)[C@@H](OC)c1ccccc1)c1ccc([N+](=O)[O-])cc1)c1ccccc1. The van der Waals surface area contributed by atoms with E-state index in [4.69, 9.17) is 18.9 Å². The number of carbonyl (C=O) groups is 3. The number of hydrogen-bond donors (Lipinski definition) is 0. The second-order valence-corrected chi connectivity index (χ2v) is 8.23. The van der Waals surface area contributed by atoms with Crippen molar-refractivity contribution in [3.63, 3.8) is 0 Å². The number of methoxy groups -OCH3 is 2. The Labute approximate surface area is 219 Å². The van der Waals surface area contributed by atoms with Gasteiger partial charge in [-0.2, -0.15) is 0 Å². The van der Waals surface area contributed by atoms with Gasteiger partial charge in [0.05, 0.1) is 4.92 Å². The zero-order chi connectivity index (χ0) is 27.7. The van der Waals surface area contributed by atoms with E-state index in [9.17, 15) is 24.5 Å². The Balaban J connectivity index is 1.97. The Morgan fingerprint density at radius 1 is 0.684 bits per heavy atom. The molecule has 0 aliphatic rings. The molecule has 0 heterocycles. The average Bonchev–Trinajstić information content (AvgIpc) is 2.92. The largest absolute Gasteiger partial charge is 0.451 e. The smallest absolute Gasteiger partial charge is 0.340 e. The van der Waals surface area contributed by atoms with Crippen LogP contribution in [0.15, 0.2) is 84.9 Å². The molecule has 0 aliphatic carbocycles. The highest BCUT2D eigenvalue weighted by atomic mass is 16.6. The fourth-order valence-electron chi connectivity index (χ4n) is 3.81. The van der Waals surface area contributed by atoms with Crippen LogP contribution < -0.4 is 0 Å². The summed E-state index contributed by atoms with van der Waals surface area (Å²) in [4.78, 5) is 49.6. The summed E-state index contributed by atoms with van der Waals surface area (Å²) in [6.45, 7) is 1.18. The van der Waals surface area contributed by atoms with E-state index in [1.807, 2.05) is 0 Å². The molecular formula is C28H27NO9. The van der Waals surface area contributed by atoms with Gasteiger partial charge in [-0.15, -0.1) is 0 Å². The molecule has 10 nitrogen and oxygen atoms in total. The highest BCUT2D eigenvalue weighted by Crippen LogP contribution is 2.31. The Hall–Kier alpha value is -4.41. The molecule has 0 N–H and O–H groups in total. The number of benzene rings is 3. The number of hydrogen-bond acceptors (Lipinski definition) is 9. The molecule has 0 bridgehead atoms. The third-order valence-corrected chi connectivity index (χ3v) is 5.70. The number of Topliss-reactive ketones (excluding diaryl/α,β-unsaturated/α-hetero) is 1. The van der Waals surface area contributed by atoms with E-state index in [0.717, 1.165) is 0 Å². The van der Waals surface area contributed by atoms with Crippen LogP contribution in [0.3, 0.4) is 0 Å². The fraction of sp³-hybridized carbons (Fsp3) is 0.250. The predicted octanol–water partition coefficient (Wildman–Crippen LogP) is 4.46. The summed E-state index contributed by atoms with van der Waals surface area (Å²) in [5.74, 6) is -2.35. The van der Waals surface area contributed by atoms with Crippen molar-refractivity contribution in [3.8, 4) is 0 Å². The molecule has 198 valence electrons. The van der Waals surface area contributed by atoms with Crippen molar-refractivity contribution in [2.24, 2.45) is 0 Å². The number of esters is 2. The number of carbonyl (C=O) groups excluding carboxylic acids is 3. The number of nitrogens with zero attached hydrogens (tertiary/aromatic N) is 1. The summed E-state index contributed by atoms with van der Waals surface area (Å²) in [7, 11) is 2.64. The number of rotatable bonds is 12. The molecule has 3 aromatic rings. The van der Waals surface area contributed by atoms with E-state index < -0.39 is 47.1 Å². The number of ketones is 1. The van der Waals surface area contributed by atoms with Crippen LogP contribution in [-0.2, 0) is 33.3 Å². The Kier molecular flexibility index (Phi) is 9.80. The van der Waals surface area contributed by atoms with Crippen molar-refractivity contribution in [2.75, 3.05) is 14.2 Å². The van der Waals surface area contributed by atoms with Gasteiger partial charge in [-0.1, -0.05) is 60.7 Å². The maximum Gasteiger partial charge on any atom is 0.340 e. The molecule has 4 atom stereocenters. The van der Waals surface area contributed by atoms with Crippen LogP contribution >= 0.6 is 0 Å². The normalized spacial score (nSPS) is 14.0. The lowest BCUT2D eigenvalue weighted by Crippen LogP contribution is -2.37. The van der Waals surface area contributed by atoms with Crippen molar-refractivity contribution in [2.45, 2.75) is 31.3 Å². The summed E-state index contributed by atoms with van der Waals surface area (Å²) >= 11 is 0. The van der Waals surface area contributed by atoms with Crippen LogP contribution in [-0.4, -0.2) is 43.0 Å². The van der Waals surface area contributed by atoms with E-state index in [1.165, 1.54) is 45.4 Å². The van der Waals surface area contributed by atoms with Crippen LogP contribution in [0.5, 0.6) is 0 Å². The third-order valence-electron chi connectivity index (χ3n) is 5.70. The summed E-state index contributed by atoms with van der Waals surface area (Å²) in [5, 5.41) is 11.1. The summed E-state index contributed by atoms with van der Waals surface area (Å²) < 4.78 is 21.9. The topological polar surface area (TPSA) is 131 Å². The fourth-order valence-corrected chi connectivity index (χ4v) is 3.81. The maximum atomic E-state index is 13.2. The molecular weight excluding hydrogens is 494 g/mol. The predicted molar refractivity (Wildman–Crippen MR) is 135 cm³/mol. The van der Waals surface area contributed by atoms with Crippen molar-refractivity contribution in [1.29, 1.82) is 0 Å². The number of nitro groups is 1. The van der Waals surface area contributed by atoms with Gasteiger partial charge in [-0.3, -0.25) is 14.9 Å². The van der Waals surface area contributed by atoms with Crippen molar-refractivity contribution in [1.82, 2.24) is 0 Å². The monoisotopic (exact) mass is 521 g/mol. The first-order valence-corrected chi connectivity index (χ1v) is 11.6. The van der Waals surface area contributed by atoms with Gasteiger partial charge >= 0.3 is 11.9 Å². The zero-order valence-corrected chi connectivity index (χ0v) is 21.0. The minimum atomic E-state index is -1.58. The van der Waals surface area contributed by atoms with Crippen LogP contribution in [0.4, 0.5) is 5.69 Å². The number of nitro benzene ring substituents is 1. The van der Waals surface area contributed by atoms with Gasteiger partial charge in [0.25, 0.3) is 5.69 Å². The lowest BCUT2D eigenvalue weighted by molar-refractivity contribution is -0.384. The highest BCUT2D eigenvalue weighted by molar-refractivity contribution is 5.86. The molecule has 0 fully saturated rings. The average molecular weight is 522 g/mol. The Morgan fingerprint density at radius 2 is 1.13 bits per heavy atom. The number of non-ortho nitro benzene ring substituents is 1. The molecule has 0 saturated carbocycles. The summed E-state index contributed by atoms with van der Waals surface area (Å²) in [5.41, 5.74) is 0.989. The quantitative estimate of drug-likeness (QED) is 0.193. The van der Waals surface area contributed by atoms with Crippen LogP contribution in [0, 0.1) is 10.1 Å². The van der Waals surface area contributed by atoms with Crippen molar-refractivity contribution >= 4 is 23.4 Å². The molecule has 38 heavy (non-hydrogen) atoms. The molecule has 3 rings (SSSR count). The minimum absolute atomic E-state index is 0.202. The van der Waals surface area contributed by atoms with E-state index in [1.54, 1.807) is 60.7 Å². The van der Waals surface area contributed by atoms with E-state index in [-0.39, 0.29) is 11.3 Å². The second kappa shape index (κ2) is 13.2. The van der Waals surface area contributed by atoms with Gasteiger partial charge in [0, 0.05) is 26.4 Å².